The standard InChI is InChI=1S/C20H22N4O6S2/c1-4-32(26,27)24-14-7-5-13(6-8-14)19-22-23-20(30-19)31-12-18(25)21-16-11-15(28-2)9-10-17(16)29-3/h5-11,24H,4,12H2,1-3H3,(H,21,25). The van der Waals surface area contributed by atoms with Crippen molar-refractivity contribution >= 4 is 39.1 Å². The minimum atomic E-state index is -3.35. The molecule has 0 fully saturated rings. The minimum Gasteiger partial charge on any atom is -0.497 e. The molecule has 0 aliphatic rings. The quantitative estimate of drug-likeness (QED) is 0.421. The smallest absolute Gasteiger partial charge is 0.277 e. The molecule has 1 heterocycles. The fraction of sp³-hybridized carbons (Fsp3) is 0.250. The monoisotopic (exact) mass is 478 g/mol. The number of nitrogens with one attached hydrogen (secondary N) is 2. The maximum atomic E-state index is 12.3. The van der Waals surface area contributed by atoms with Crippen LogP contribution in [-0.2, 0) is 14.8 Å². The number of nitrogens with zero attached hydrogens (tertiary/aromatic N) is 2. The van der Waals surface area contributed by atoms with Crippen LogP contribution in [0.15, 0.2) is 52.1 Å². The molecule has 2 aromatic carbocycles. The third kappa shape index (κ3) is 6.14. The summed E-state index contributed by atoms with van der Waals surface area (Å²) < 4.78 is 41.7. The lowest BCUT2D eigenvalue weighted by molar-refractivity contribution is -0.113. The zero-order chi connectivity index (χ0) is 23.1. The van der Waals surface area contributed by atoms with Gasteiger partial charge in [0.2, 0.25) is 21.8 Å². The number of sulfonamides is 1. The Labute approximate surface area is 189 Å². The van der Waals surface area contributed by atoms with Crippen LogP contribution in [0.5, 0.6) is 11.5 Å². The molecule has 3 aromatic rings. The average Bonchev–Trinajstić information content (AvgIpc) is 3.27. The first-order chi connectivity index (χ1) is 15.3. The summed E-state index contributed by atoms with van der Waals surface area (Å²) >= 11 is 1.08. The Morgan fingerprint density at radius 1 is 1.09 bits per heavy atom. The van der Waals surface area contributed by atoms with Crippen LogP contribution >= 0.6 is 11.8 Å². The molecule has 3 rings (SSSR count). The van der Waals surface area contributed by atoms with Crippen LogP contribution in [-0.4, -0.2) is 50.2 Å². The molecular formula is C20H22N4O6S2. The van der Waals surface area contributed by atoms with Gasteiger partial charge in [-0.25, -0.2) is 8.42 Å². The van der Waals surface area contributed by atoms with Gasteiger partial charge in [-0.05, 0) is 43.3 Å². The Morgan fingerprint density at radius 3 is 2.50 bits per heavy atom. The lowest BCUT2D eigenvalue weighted by atomic mass is 10.2. The lowest BCUT2D eigenvalue weighted by Crippen LogP contribution is -2.14. The lowest BCUT2D eigenvalue weighted by Gasteiger charge is -2.11. The molecule has 0 saturated carbocycles. The summed E-state index contributed by atoms with van der Waals surface area (Å²) in [7, 11) is -0.303. The molecule has 1 amide bonds. The molecule has 0 aliphatic heterocycles. The van der Waals surface area contributed by atoms with Gasteiger partial charge in [-0.1, -0.05) is 11.8 Å². The van der Waals surface area contributed by atoms with Gasteiger partial charge in [0.15, 0.2) is 0 Å². The number of amides is 1. The third-order valence-electron chi connectivity index (χ3n) is 4.20. The highest BCUT2D eigenvalue weighted by Crippen LogP contribution is 2.29. The molecule has 2 N–H and O–H groups in total. The summed E-state index contributed by atoms with van der Waals surface area (Å²) in [4.78, 5) is 12.3. The Hall–Kier alpha value is -3.25. The average molecular weight is 479 g/mol. The molecule has 0 radical (unpaired) electrons. The number of methoxy groups -OCH3 is 2. The molecule has 0 spiro atoms. The number of benzene rings is 2. The first-order valence-electron chi connectivity index (χ1n) is 9.42. The number of carbonyl (C=O) groups excluding carboxylic acids is 1. The number of rotatable bonds is 10. The maximum Gasteiger partial charge on any atom is 0.277 e. The van der Waals surface area contributed by atoms with Crippen LogP contribution in [0.25, 0.3) is 11.5 Å². The van der Waals surface area contributed by atoms with E-state index in [0.29, 0.717) is 28.4 Å². The molecule has 32 heavy (non-hydrogen) atoms. The van der Waals surface area contributed by atoms with Crippen molar-refractivity contribution in [2.24, 2.45) is 0 Å². The van der Waals surface area contributed by atoms with Gasteiger partial charge in [-0.3, -0.25) is 9.52 Å². The predicted molar refractivity (Wildman–Crippen MR) is 122 cm³/mol. The van der Waals surface area contributed by atoms with Crippen molar-refractivity contribution < 1.29 is 27.1 Å². The highest BCUT2D eigenvalue weighted by molar-refractivity contribution is 7.99. The van der Waals surface area contributed by atoms with Gasteiger partial charge in [-0.15, -0.1) is 10.2 Å². The van der Waals surface area contributed by atoms with Crippen molar-refractivity contribution in [3.63, 3.8) is 0 Å². The predicted octanol–water partition coefficient (Wildman–Crippen LogP) is 3.25. The van der Waals surface area contributed by atoms with Gasteiger partial charge in [-0.2, -0.15) is 0 Å². The van der Waals surface area contributed by atoms with E-state index in [1.165, 1.54) is 14.2 Å². The number of anilines is 2. The van der Waals surface area contributed by atoms with Crippen LogP contribution in [0.4, 0.5) is 11.4 Å². The van der Waals surface area contributed by atoms with Crippen LogP contribution in [0.2, 0.25) is 0 Å². The number of thioether (sulfide) groups is 1. The minimum absolute atomic E-state index is 0.0167. The molecular weight excluding hydrogens is 456 g/mol. The van der Waals surface area contributed by atoms with E-state index >= 15 is 0 Å². The molecule has 0 unspecified atom stereocenters. The van der Waals surface area contributed by atoms with Crippen molar-refractivity contribution in [3.05, 3.63) is 42.5 Å². The van der Waals surface area contributed by atoms with E-state index in [0.717, 1.165) is 11.8 Å². The number of aromatic nitrogens is 2. The Kier molecular flexibility index (Phi) is 7.59. The molecule has 0 bridgehead atoms. The Morgan fingerprint density at radius 2 is 1.84 bits per heavy atom. The van der Waals surface area contributed by atoms with E-state index in [1.54, 1.807) is 49.4 Å². The molecule has 1 aromatic heterocycles. The van der Waals surface area contributed by atoms with Gasteiger partial charge in [0.1, 0.15) is 11.5 Å². The van der Waals surface area contributed by atoms with Crippen molar-refractivity contribution in [3.8, 4) is 23.0 Å². The number of ether oxygens (including phenoxy) is 2. The number of hydrogen-bond acceptors (Lipinski definition) is 9. The summed E-state index contributed by atoms with van der Waals surface area (Å²) in [6.45, 7) is 1.56. The maximum absolute atomic E-state index is 12.3. The molecule has 0 saturated heterocycles. The van der Waals surface area contributed by atoms with Gasteiger partial charge in [0.25, 0.3) is 5.22 Å². The van der Waals surface area contributed by atoms with Crippen molar-refractivity contribution in [1.82, 2.24) is 10.2 Å². The summed E-state index contributed by atoms with van der Waals surface area (Å²) in [5.41, 5.74) is 1.55. The summed E-state index contributed by atoms with van der Waals surface area (Å²) in [6.07, 6.45) is 0. The van der Waals surface area contributed by atoms with Gasteiger partial charge in [0, 0.05) is 17.3 Å². The zero-order valence-electron chi connectivity index (χ0n) is 17.6. The van der Waals surface area contributed by atoms with Crippen LogP contribution in [0.3, 0.4) is 0 Å². The summed E-state index contributed by atoms with van der Waals surface area (Å²) in [5.74, 6) is 1.09. The van der Waals surface area contributed by atoms with Gasteiger partial charge in [0.05, 0.1) is 31.4 Å². The fourth-order valence-corrected chi connectivity index (χ4v) is 3.75. The normalized spacial score (nSPS) is 11.1. The zero-order valence-corrected chi connectivity index (χ0v) is 19.2. The molecule has 10 nitrogen and oxygen atoms in total. The van der Waals surface area contributed by atoms with E-state index in [1.807, 2.05) is 0 Å². The topological polar surface area (TPSA) is 133 Å². The molecule has 0 aliphatic carbocycles. The van der Waals surface area contributed by atoms with Crippen LogP contribution < -0.4 is 19.5 Å². The van der Waals surface area contributed by atoms with E-state index in [-0.39, 0.29) is 28.5 Å². The second-order valence-electron chi connectivity index (χ2n) is 6.36. The van der Waals surface area contributed by atoms with Crippen molar-refractivity contribution in [2.45, 2.75) is 12.1 Å². The first-order valence-corrected chi connectivity index (χ1v) is 12.1. The van der Waals surface area contributed by atoms with Gasteiger partial charge >= 0.3 is 0 Å². The fourth-order valence-electron chi connectivity index (χ4n) is 2.54. The van der Waals surface area contributed by atoms with Crippen molar-refractivity contribution in [2.75, 3.05) is 35.8 Å². The molecule has 0 atom stereocenters. The molecule has 170 valence electrons. The second kappa shape index (κ2) is 10.4. The highest BCUT2D eigenvalue weighted by Gasteiger charge is 2.14. The number of hydrogen-bond donors (Lipinski definition) is 2. The van der Waals surface area contributed by atoms with E-state index in [4.69, 9.17) is 13.9 Å². The Balaban J connectivity index is 1.59. The second-order valence-corrected chi connectivity index (χ2v) is 9.30. The largest absolute Gasteiger partial charge is 0.497 e. The van der Waals surface area contributed by atoms with Crippen molar-refractivity contribution in [1.29, 1.82) is 0 Å². The third-order valence-corrected chi connectivity index (χ3v) is 6.32. The van der Waals surface area contributed by atoms with Crippen LogP contribution in [0.1, 0.15) is 6.92 Å². The SMILES string of the molecule is CCS(=O)(=O)Nc1ccc(-c2nnc(SCC(=O)Nc3cc(OC)ccc3OC)o2)cc1. The highest BCUT2D eigenvalue weighted by atomic mass is 32.2. The summed E-state index contributed by atoms with van der Waals surface area (Å²) in [5, 5.41) is 10.9. The number of carbonyl (C=O) groups is 1. The van der Waals surface area contributed by atoms with Crippen LogP contribution in [0, 0.1) is 0 Å². The Bertz CT molecular complexity index is 1180. The van der Waals surface area contributed by atoms with E-state index in [2.05, 4.69) is 20.2 Å². The van der Waals surface area contributed by atoms with Gasteiger partial charge < -0.3 is 19.2 Å². The molecule has 12 heteroatoms. The van der Waals surface area contributed by atoms with E-state index in [9.17, 15) is 13.2 Å². The first kappa shape index (κ1) is 23.4. The van der Waals surface area contributed by atoms with E-state index < -0.39 is 10.0 Å². The summed E-state index contributed by atoms with van der Waals surface area (Å²) in [6, 6.07) is 11.6.